The normalized spacial score (nSPS) is 19.3. The lowest BCUT2D eigenvalue weighted by atomic mass is 10.0. The Morgan fingerprint density at radius 3 is 2.58 bits per heavy atom. The third kappa shape index (κ3) is 4.90. The summed E-state index contributed by atoms with van der Waals surface area (Å²) >= 11 is 0. The zero-order valence-corrected chi connectivity index (χ0v) is 18.0. The van der Waals surface area contributed by atoms with Gasteiger partial charge in [0.1, 0.15) is 18.5 Å². The number of pyridine rings is 1. The lowest BCUT2D eigenvalue weighted by molar-refractivity contribution is -0.0126. The minimum absolute atomic E-state index is 0.324. The van der Waals surface area contributed by atoms with Crippen LogP contribution >= 0.6 is 0 Å². The van der Waals surface area contributed by atoms with E-state index in [1.165, 1.54) is 37.7 Å². The van der Waals surface area contributed by atoms with E-state index in [0.29, 0.717) is 19.2 Å². The topological polar surface area (TPSA) is 48.8 Å². The zero-order chi connectivity index (χ0) is 21.0. The summed E-state index contributed by atoms with van der Waals surface area (Å²) in [6, 6.07) is 17.2. The molecule has 0 saturated carbocycles. The van der Waals surface area contributed by atoms with Gasteiger partial charge in [0.05, 0.1) is 0 Å². The van der Waals surface area contributed by atoms with Gasteiger partial charge in [-0.05, 0) is 66.5 Å². The Labute approximate surface area is 184 Å². The van der Waals surface area contributed by atoms with Gasteiger partial charge < -0.3 is 9.84 Å². The standard InChI is InChI=1S/C26H31N3O2/c30-25(18-28-16-24(17-28)29-11-2-1-3-12-29)19-31-26-9-8-20-13-21(6-7-22(20)14-26)23-5-4-10-27-15-23/h4-10,13-15,24-25,30H,1-3,11-12,16-19H2. The monoisotopic (exact) mass is 417 g/mol. The van der Waals surface area contributed by atoms with E-state index in [9.17, 15) is 5.11 Å². The van der Waals surface area contributed by atoms with E-state index in [2.05, 4.69) is 45.1 Å². The van der Waals surface area contributed by atoms with Crippen molar-refractivity contribution in [2.75, 3.05) is 39.3 Å². The molecule has 2 aliphatic rings. The Morgan fingerprint density at radius 2 is 1.77 bits per heavy atom. The minimum Gasteiger partial charge on any atom is -0.491 e. The second-order valence-electron chi connectivity index (χ2n) is 8.90. The second-order valence-corrected chi connectivity index (χ2v) is 8.90. The lowest BCUT2D eigenvalue weighted by Gasteiger charge is -2.47. The molecular formula is C26H31N3O2. The third-order valence-corrected chi connectivity index (χ3v) is 6.56. The number of β-amino-alcohol motifs (C(OH)–C–C–N with tert-alkyl or cyclic N) is 1. The van der Waals surface area contributed by atoms with Crippen LogP contribution in [0.4, 0.5) is 0 Å². The van der Waals surface area contributed by atoms with Crippen molar-refractivity contribution in [3.8, 4) is 16.9 Å². The Morgan fingerprint density at radius 1 is 0.968 bits per heavy atom. The molecular weight excluding hydrogens is 386 g/mol. The molecule has 3 aromatic rings. The highest BCUT2D eigenvalue weighted by molar-refractivity contribution is 5.88. The second kappa shape index (κ2) is 9.35. The highest BCUT2D eigenvalue weighted by atomic mass is 16.5. The van der Waals surface area contributed by atoms with Crippen LogP contribution in [0.25, 0.3) is 21.9 Å². The smallest absolute Gasteiger partial charge is 0.120 e. The van der Waals surface area contributed by atoms with Crippen molar-refractivity contribution in [2.24, 2.45) is 0 Å². The van der Waals surface area contributed by atoms with Gasteiger partial charge in [-0.25, -0.2) is 0 Å². The zero-order valence-electron chi connectivity index (χ0n) is 18.0. The molecule has 0 bridgehead atoms. The fraction of sp³-hybridized carbons (Fsp3) is 0.423. The fourth-order valence-electron chi connectivity index (χ4n) is 4.78. The molecule has 2 aliphatic heterocycles. The Bertz CT molecular complexity index is 998. The number of hydrogen-bond acceptors (Lipinski definition) is 5. The molecule has 2 saturated heterocycles. The SMILES string of the molecule is OC(COc1ccc2cc(-c3cccnc3)ccc2c1)CN1CC(N2CCCCC2)C1. The molecule has 162 valence electrons. The van der Waals surface area contributed by atoms with Crippen LogP contribution < -0.4 is 4.74 Å². The number of likely N-dealkylation sites (tertiary alicyclic amines) is 2. The van der Waals surface area contributed by atoms with Crippen molar-refractivity contribution in [2.45, 2.75) is 31.4 Å². The van der Waals surface area contributed by atoms with Crippen molar-refractivity contribution in [3.05, 3.63) is 60.9 Å². The predicted molar refractivity (Wildman–Crippen MR) is 124 cm³/mol. The van der Waals surface area contributed by atoms with Crippen LogP contribution in [0.1, 0.15) is 19.3 Å². The van der Waals surface area contributed by atoms with E-state index in [1.54, 1.807) is 6.20 Å². The average Bonchev–Trinajstić information content (AvgIpc) is 2.80. The van der Waals surface area contributed by atoms with E-state index in [0.717, 1.165) is 35.4 Å². The van der Waals surface area contributed by atoms with E-state index < -0.39 is 6.10 Å². The highest BCUT2D eigenvalue weighted by Crippen LogP contribution is 2.27. The molecule has 0 amide bonds. The summed E-state index contributed by atoms with van der Waals surface area (Å²) in [4.78, 5) is 9.17. The summed E-state index contributed by atoms with van der Waals surface area (Å²) in [7, 11) is 0. The number of hydrogen-bond donors (Lipinski definition) is 1. The Hall–Kier alpha value is -2.47. The van der Waals surface area contributed by atoms with Gasteiger partial charge >= 0.3 is 0 Å². The van der Waals surface area contributed by atoms with Crippen LogP contribution in [0.2, 0.25) is 0 Å². The van der Waals surface area contributed by atoms with Crippen LogP contribution in [0.5, 0.6) is 5.75 Å². The van der Waals surface area contributed by atoms with Gasteiger partial charge in [0.2, 0.25) is 0 Å². The van der Waals surface area contributed by atoms with Gasteiger partial charge in [0, 0.05) is 43.6 Å². The molecule has 1 aromatic heterocycles. The number of rotatable bonds is 7. The summed E-state index contributed by atoms with van der Waals surface area (Å²) in [5, 5.41) is 12.7. The lowest BCUT2D eigenvalue weighted by Crippen LogP contribution is -2.61. The maximum absolute atomic E-state index is 10.4. The first-order chi connectivity index (χ1) is 15.2. The molecule has 5 rings (SSSR count). The molecule has 0 spiro atoms. The van der Waals surface area contributed by atoms with Crippen LogP contribution in [0.15, 0.2) is 60.9 Å². The van der Waals surface area contributed by atoms with E-state index in [-0.39, 0.29) is 0 Å². The number of aromatic nitrogens is 1. The van der Waals surface area contributed by atoms with Crippen molar-refractivity contribution in [1.82, 2.24) is 14.8 Å². The van der Waals surface area contributed by atoms with Gasteiger partial charge in [-0.2, -0.15) is 0 Å². The number of aliphatic hydroxyl groups is 1. The van der Waals surface area contributed by atoms with Crippen molar-refractivity contribution < 1.29 is 9.84 Å². The third-order valence-electron chi connectivity index (χ3n) is 6.56. The summed E-state index contributed by atoms with van der Waals surface area (Å²) in [6.45, 7) is 5.65. The summed E-state index contributed by atoms with van der Waals surface area (Å²) in [6.07, 6.45) is 7.26. The van der Waals surface area contributed by atoms with Crippen molar-refractivity contribution >= 4 is 10.8 Å². The number of aliphatic hydroxyl groups excluding tert-OH is 1. The molecule has 1 atom stereocenters. The predicted octanol–water partition coefficient (Wildman–Crippen LogP) is 3.81. The molecule has 5 heteroatoms. The van der Waals surface area contributed by atoms with Gasteiger partial charge in [0.25, 0.3) is 0 Å². The summed E-state index contributed by atoms with van der Waals surface area (Å²) < 4.78 is 5.91. The summed E-state index contributed by atoms with van der Waals surface area (Å²) in [5.41, 5.74) is 2.27. The molecule has 3 heterocycles. The quantitative estimate of drug-likeness (QED) is 0.634. The molecule has 5 nitrogen and oxygen atoms in total. The molecule has 0 radical (unpaired) electrons. The number of fused-ring (bicyclic) bond motifs is 1. The largest absolute Gasteiger partial charge is 0.491 e. The first-order valence-electron chi connectivity index (χ1n) is 11.5. The van der Waals surface area contributed by atoms with E-state index in [1.807, 2.05) is 24.4 Å². The fourth-order valence-corrected chi connectivity index (χ4v) is 4.78. The number of ether oxygens (including phenoxy) is 1. The van der Waals surface area contributed by atoms with Crippen molar-refractivity contribution in [3.63, 3.8) is 0 Å². The Kier molecular flexibility index (Phi) is 6.16. The number of nitrogens with zero attached hydrogens (tertiary/aromatic N) is 3. The van der Waals surface area contributed by atoms with Crippen LogP contribution in [-0.2, 0) is 0 Å². The van der Waals surface area contributed by atoms with E-state index in [4.69, 9.17) is 4.74 Å². The van der Waals surface area contributed by atoms with Crippen LogP contribution in [0.3, 0.4) is 0 Å². The first kappa shape index (κ1) is 20.4. The Balaban J connectivity index is 1.12. The maximum Gasteiger partial charge on any atom is 0.120 e. The molecule has 1 unspecified atom stereocenters. The highest BCUT2D eigenvalue weighted by Gasteiger charge is 2.33. The molecule has 2 fully saturated rings. The molecule has 1 N–H and O–H groups in total. The van der Waals surface area contributed by atoms with Gasteiger partial charge in [-0.1, -0.05) is 30.7 Å². The van der Waals surface area contributed by atoms with Gasteiger partial charge in [-0.3, -0.25) is 14.8 Å². The average molecular weight is 418 g/mol. The minimum atomic E-state index is -0.467. The molecule has 0 aliphatic carbocycles. The van der Waals surface area contributed by atoms with E-state index >= 15 is 0 Å². The van der Waals surface area contributed by atoms with Crippen molar-refractivity contribution in [1.29, 1.82) is 0 Å². The first-order valence-corrected chi connectivity index (χ1v) is 11.5. The maximum atomic E-state index is 10.4. The molecule has 2 aromatic carbocycles. The van der Waals surface area contributed by atoms with Crippen LogP contribution in [-0.4, -0.2) is 71.4 Å². The number of benzene rings is 2. The number of piperidine rings is 1. The van der Waals surface area contributed by atoms with Crippen LogP contribution in [0, 0.1) is 0 Å². The van der Waals surface area contributed by atoms with Gasteiger partial charge in [-0.15, -0.1) is 0 Å². The van der Waals surface area contributed by atoms with Gasteiger partial charge in [0.15, 0.2) is 0 Å². The summed E-state index contributed by atoms with van der Waals surface area (Å²) in [5.74, 6) is 0.801. The molecule has 31 heavy (non-hydrogen) atoms.